The summed E-state index contributed by atoms with van der Waals surface area (Å²) < 4.78 is 44.4. The summed E-state index contributed by atoms with van der Waals surface area (Å²) in [5.41, 5.74) is 1.20. The lowest BCUT2D eigenvalue weighted by Gasteiger charge is -2.59. The molecular formula is C60H80N2O13P+. The molecule has 412 valence electrons. The Morgan fingerprint density at radius 1 is 0.934 bits per heavy atom. The average Bonchev–Trinajstić information content (AvgIpc) is 4.08. The van der Waals surface area contributed by atoms with E-state index in [-0.39, 0.29) is 60.5 Å². The van der Waals surface area contributed by atoms with Crippen molar-refractivity contribution in [2.45, 2.75) is 160 Å². The van der Waals surface area contributed by atoms with Gasteiger partial charge in [0, 0.05) is 54.1 Å². The molecule has 4 saturated carbocycles. The number of benzene rings is 2. The first-order chi connectivity index (χ1) is 36.6. The van der Waals surface area contributed by atoms with Gasteiger partial charge in [0.1, 0.15) is 5.75 Å². The number of nitrogens with zero attached hydrogens (tertiary/aromatic N) is 1. The molecule has 0 amide bonds. The number of phosphoric ester groups is 1. The fourth-order valence-corrected chi connectivity index (χ4v) is 14.7. The van der Waals surface area contributed by atoms with E-state index in [9.17, 15) is 34.2 Å². The van der Waals surface area contributed by atoms with Crippen LogP contribution in [0.3, 0.4) is 0 Å². The number of unbranched alkanes of at least 4 members (excludes halogenated alkanes) is 4. The third-order valence-corrected chi connectivity index (χ3v) is 18.4. The predicted octanol–water partition coefficient (Wildman–Crippen LogP) is 8.32. The van der Waals surface area contributed by atoms with Gasteiger partial charge in [0.15, 0.2) is 43.2 Å². The molecule has 6 aliphatic rings. The number of carbonyl (C=O) groups excluding carboxylic acids is 3. The summed E-state index contributed by atoms with van der Waals surface area (Å²) in [6, 6.07) is 18.7. The van der Waals surface area contributed by atoms with Crippen LogP contribution in [-0.2, 0) is 57.3 Å². The number of aryl methyl sites for hydroxylation is 1. The van der Waals surface area contributed by atoms with Gasteiger partial charge < -0.3 is 39.0 Å². The molecule has 0 spiro atoms. The van der Waals surface area contributed by atoms with Crippen LogP contribution in [0, 0.1) is 34.5 Å². The van der Waals surface area contributed by atoms with Gasteiger partial charge in [-0.05, 0) is 130 Å². The van der Waals surface area contributed by atoms with Crippen LogP contribution in [0.2, 0.25) is 0 Å². The van der Waals surface area contributed by atoms with Gasteiger partial charge in [0.25, 0.3) is 0 Å². The van der Waals surface area contributed by atoms with E-state index in [4.69, 9.17) is 23.5 Å². The van der Waals surface area contributed by atoms with Crippen LogP contribution in [0.5, 0.6) is 5.75 Å². The van der Waals surface area contributed by atoms with Crippen LogP contribution in [-0.4, -0.2) is 94.5 Å². The van der Waals surface area contributed by atoms with E-state index >= 15 is 4.79 Å². The number of Topliss-reactive ketones (excluding diaryl/α,β-unsaturated/α-hetero) is 1. The van der Waals surface area contributed by atoms with Crippen molar-refractivity contribution < 1.29 is 67.0 Å². The van der Waals surface area contributed by atoms with Crippen molar-refractivity contribution in [1.82, 2.24) is 5.32 Å². The number of carbonyl (C=O) groups is 3. The van der Waals surface area contributed by atoms with Gasteiger partial charge in [-0.15, -0.1) is 0 Å². The van der Waals surface area contributed by atoms with E-state index < -0.39 is 61.4 Å². The maximum atomic E-state index is 15.0. The number of aliphatic hydroxyl groups excluding tert-OH is 2. The standard InChI is InChI=1S/C60H79N2O13P/c1-58-27-26-47(63)34-46(58)23-24-48-49-35-54-60(59(49,2)36-50(64)56(48)58,74-57(73-54)43-20-9-6-10-21-43)53(66)40-72-55(67)32-42-19-15-29-62(38-42)39-45-33-44(22-25-52(45)75-76(68,69)70)51(65)37-61-28-12-3-4-13-30-71-31-14-11-18-41-16-7-5-8-17-41/h5,7-8,15-17,19,22,25-27,29,33-34,38,43,48-51,54,56-57,61,64-65H,3-4,6,9-14,18,20-21,23-24,28,30-32,35-37,39-40H2,1-2H3,(H-,68,69,70)/p+1/t48-,49-,50-,51?,54+,56+,57+,58-,59-,60+/m0/s1. The van der Waals surface area contributed by atoms with Crippen molar-refractivity contribution in [3.63, 3.8) is 0 Å². The maximum absolute atomic E-state index is 15.0. The number of esters is 1. The van der Waals surface area contributed by atoms with Crippen molar-refractivity contribution in [3.8, 4) is 5.75 Å². The Hall–Kier alpha value is -4.41. The quantitative estimate of drug-likeness (QED) is 0.0234. The Morgan fingerprint density at radius 3 is 2.49 bits per heavy atom. The highest BCUT2D eigenvalue weighted by atomic mass is 31.2. The molecule has 1 saturated heterocycles. The van der Waals surface area contributed by atoms with Crippen LogP contribution in [0.4, 0.5) is 0 Å². The Labute approximate surface area is 448 Å². The van der Waals surface area contributed by atoms with Crippen molar-refractivity contribution in [3.05, 3.63) is 119 Å². The topological polar surface area (TPSA) is 211 Å². The zero-order valence-corrected chi connectivity index (χ0v) is 45.3. The number of allylic oxidation sites excluding steroid dienone is 4. The lowest BCUT2D eigenvalue weighted by Crippen LogP contribution is -2.63. The summed E-state index contributed by atoms with van der Waals surface area (Å²) >= 11 is 0. The lowest BCUT2D eigenvalue weighted by atomic mass is 9.46. The molecule has 1 aromatic heterocycles. The summed E-state index contributed by atoms with van der Waals surface area (Å²) in [7, 11) is -4.94. The highest BCUT2D eigenvalue weighted by Crippen LogP contribution is 2.70. The van der Waals surface area contributed by atoms with Gasteiger partial charge >= 0.3 is 13.8 Å². The third-order valence-electron chi connectivity index (χ3n) is 18.0. The second-order valence-electron chi connectivity index (χ2n) is 23.0. The number of nitrogens with one attached hydrogen (secondary N) is 1. The highest BCUT2D eigenvalue weighted by Gasteiger charge is 2.76. The van der Waals surface area contributed by atoms with Gasteiger partial charge in [0.05, 0.1) is 30.3 Å². The molecule has 9 rings (SSSR count). The van der Waals surface area contributed by atoms with Crippen LogP contribution in [0.15, 0.2) is 96.9 Å². The van der Waals surface area contributed by atoms with Crippen molar-refractivity contribution in [2.75, 3.05) is 32.9 Å². The second-order valence-corrected chi connectivity index (χ2v) is 24.1. The molecule has 0 radical (unpaired) electrons. The Kier molecular flexibility index (Phi) is 18.3. The smallest absolute Gasteiger partial charge is 0.457 e. The Bertz CT molecular complexity index is 2620. The molecule has 16 heteroatoms. The van der Waals surface area contributed by atoms with E-state index in [1.807, 2.05) is 12.1 Å². The summed E-state index contributed by atoms with van der Waals surface area (Å²) in [6.07, 6.45) is 20.6. The Morgan fingerprint density at radius 2 is 1.70 bits per heavy atom. The van der Waals surface area contributed by atoms with E-state index in [1.165, 1.54) is 11.6 Å². The van der Waals surface area contributed by atoms with Gasteiger partial charge in [-0.2, -0.15) is 0 Å². The molecule has 5 fully saturated rings. The maximum Gasteiger partial charge on any atom is 0.524 e. The largest absolute Gasteiger partial charge is 0.524 e. The number of rotatable bonds is 25. The minimum atomic E-state index is -4.94. The molecule has 5 aliphatic carbocycles. The first-order valence-corrected chi connectivity index (χ1v) is 29.6. The summed E-state index contributed by atoms with van der Waals surface area (Å²) in [5, 5.41) is 26.7. The third kappa shape index (κ3) is 12.7. The van der Waals surface area contributed by atoms with Gasteiger partial charge in [0.2, 0.25) is 5.78 Å². The van der Waals surface area contributed by atoms with E-state index in [1.54, 1.807) is 53.4 Å². The average molecular weight is 1070 g/mol. The van der Waals surface area contributed by atoms with Crippen LogP contribution in [0.1, 0.15) is 139 Å². The summed E-state index contributed by atoms with van der Waals surface area (Å²) in [5.74, 6) is -1.02. The SMILES string of the molecule is C[C@]12C=CC(=O)C=C1CC[C@@H]1[C@@H]2[C@@H](O)C[C@@]2(C)[C@H]1C[C@H]1O[C@@H](C3CCCCC3)O[C@]12C(=O)COC(=O)Cc1ccc[n+](Cc2cc(C(O)CNCCCCCCOCCCCc3ccccc3)ccc2OP(=O)(O)O)c1. The van der Waals surface area contributed by atoms with Crippen molar-refractivity contribution in [2.24, 2.45) is 34.5 Å². The van der Waals surface area contributed by atoms with Crippen LogP contribution >= 0.6 is 7.82 Å². The predicted molar refractivity (Wildman–Crippen MR) is 283 cm³/mol. The molecule has 1 aliphatic heterocycles. The number of fused-ring (bicyclic) bond motifs is 7. The van der Waals surface area contributed by atoms with Gasteiger partial charge in [-0.3, -0.25) is 24.2 Å². The van der Waals surface area contributed by atoms with E-state index in [2.05, 4.69) is 43.4 Å². The number of ketones is 2. The molecule has 76 heavy (non-hydrogen) atoms. The fourth-order valence-electron chi connectivity index (χ4n) is 14.2. The highest BCUT2D eigenvalue weighted by molar-refractivity contribution is 7.46. The number of aliphatic hydroxyl groups is 2. The van der Waals surface area contributed by atoms with Crippen LogP contribution in [0.25, 0.3) is 0 Å². The molecular weight excluding hydrogens is 988 g/mol. The molecule has 5 N–H and O–H groups in total. The zero-order valence-electron chi connectivity index (χ0n) is 44.4. The fraction of sp³-hybridized carbons (Fsp3) is 0.600. The number of hydrogen-bond acceptors (Lipinski definition) is 12. The minimum absolute atomic E-state index is 0.0159. The number of hydrogen-bond donors (Lipinski definition) is 5. The molecule has 10 atom stereocenters. The number of phosphoric acid groups is 1. The zero-order chi connectivity index (χ0) is 53.5. The molecule has 15 nitrogen and oxygen atoms in total. The van der Waals surface area contributed by atoms with Crippen LogP contribution < -0.4 is 14.4 Å². The second kappa shape index (κ2) is 24.7. The summed E-state index contributed by atoms with van der Waals surface area (Å²) in [6.45, 7) is 6.30. The minimum Gasteiger partial charge on any atom is -0.457 e. The first kappa shape index (κ1) is 56.3. The number of aromatic nitrogens is 1. The molecule has 1 unspecified atom stereocenters. The molecule has 2 heterocycles. The molecule has 0 bridgehead atoms. The van der Waals surface area contributed by atoms with Gasteiger partial charge in [-0.25, -0.2) is 9.13 Å². The monoisotopic (exact) mass is 1070 g/mol. The number of ether oxygens (including phenoxy) is 4. The normalized spacial score (nSPS) is 29.4. The Balaban J connectivity index is 0.787. The number of pyridine rings is 1. The van der Waals surface area contributed by atoms with E-state index in [0.29, 0.717) is 29.5 Å². The van der Waals surface area contributed by atoms with Crippen molar-refractivity contribution >= 4 is 25.4 Å². The first-order valence-electron chi connectivity index (χ1n) is 28.1. The lowest BCUT2D eigenvalue weighted by molar-refractivity contribution is -0.688. The van der Waals surface area contributed by atoms with E-state index in [0.717, 1.165) is 115 Å². The molecule has 3 aromatic rings. The summed E-state index contributed by atoms with van der Waals surface area (Å²) in [4.78, 5) is 60.7. The van der Waals surface area contributed by atoms with Gasteiger partial charge in [-0.1, -0.05) is 94.0 Å². The molecule has 2 aromatic carbocycles. The van der Waals surface area contributed by atoms with Crippen molar-refractivity contribution in [1.29, 1.82) is 0 Å².